The number of rotatable bonds is 4. The number of nitrogens with zero attached hydrogens (tertiary/aromatic N) is 1. The Morgan fingerprint density at radius 2 is 2.26 bits per heavy atom. The molecular weight excluding hydrogens is 244 g/mol. The third-order valence-electron chi connectivity index (χ3n) is 3.06. The van der Waals surface area contributed by atoms with Crippen LogP contribution in [0.2, 0.25) is 0 Å². The number of hydrogen-bond donors (Lipinski definition) is 2. The fourth-order valence-corrected chi connectivity index (χ4v) is 2.02. The Bertz CT molecular complexity index is 537. The average Bonchev–Trinajstić information content (AvgIpc) is 2.37. The number of likely N-dealkylation sites (N-methyl/N-ethyl adjacent to an activating group) is 1. The summed E-state index contributed by atoms with van der Waals surface area (Å²) in [5, 5.41) is 11.4. The lowest BCUT2D eigenvalue weighted by Gasteiger charge is -2.22. The Morgan fingerprint density at radius 3 is 3.00 bits per heavy atom. The van der Waals surface area contributed by atoms with E-state index in [-0.39, 0.29) is 5.91 Å². The molecule has 1 aromatic rings. The summed E-state index contributed by atoms with van der Waals surface area (Å²) >= 11 is 0. The highest BCUT2D eigenvalue weighted by Gasteiger charge is 2.15. The maximum absolute atomic E-state index is 11.3. The van der Waals surface area contributed by atoms with Crippen LogP contribution in [0.1, 0.15) is 12.0 Å². The average molecular weight is 260 g/mol. The quantitative estimate of drug-likeness (QED) is 0.808. The minimum absolute atomic E-state index is 0.0537. The largest absolute Gasteiger partial charge is 0.478 e. The lowest BCUT2D eigenvalue weighted by atomic mass is 10.0. The highest BCUT2D eigenvalue weighted by molar-refractivity contribution is 5.94. The summed E-state index contributed by atoms with van der Waals surface area (Å²) in [4.78, 5) is 23.6. The molecule has 0 aromatic heterocycles. The Hall–Kier alpha value is -2.30. The van der Waals surface area contributed by atoms with Crippen LogP contribution < -0.4 is 10.2 Å². The first-order chi connectivity index (χ1) is 9.06. The van der Waals surface area contributed by atoms with Gasteiger partial charge in [0.05, 0.1) is 0 Å². The second-order valence-electron chi connectivity index (χ2n) is 4.51. The van der Waals surface area contributed by atoms with Gasteiger partial charge < -0.3 is 15.3 Å². The van der Waals surface area contributed by atoms with Crippen molar-refractivity contribution in [1.82, 2.24) is 0 Å². The van der Waals surface area contributed by atoms with E-state index in [1.165, 1.54) is 0 Å². The van der Waals surface area contributed by atoms with Gasteiger partial charge in [0.1, 0.15) is 0 Å². The molecule has 0 atom stereocenters. The molecular formula is C14H16N2O3. The number of fused-ring (bicyclic) bond motifs is 1. The first-order valence-electron chi connectivity index (χ1n) is 6.09. The van der Waals surface area contributed by atoms with Crippen LogP contribution in [-0.2, 0) is 16.0 Å². The smallest absolute Gasteiger partial charge is 0.328 e. The standard InChI is InChI=1S/C14H16N2O3/c1-16(8-2-3-14(18)19)11-5-6-12-10(9-11)4-7-13(17)15-12/h2-3,5-6,9H,4,7-8H2,1H3,(H,15,17)(H,18,19)/b3-2+. The number of carbonyl (C=O) groups is 2. The van der Waals surface area contributed by atoms with Crippen LogP contribution >= 0.6 is 0 Å². The van der Waals surface area contributed by atoms with Crippen molar-refractivity contribution in [3.8, 4) is 0 Å². The first kappa shape index (κ1) is 13.1. The van der Waals surface area contributed by atoms with E-state index >= 15 is 0 Å². The molecule has 5 nitrogen and oxygen atoms in total. The molecule has 19 heavy (non-hydrogen) atoms. The van der Waals surface area contributed by atoms with E-state index in [4.69, 9.17) is 5.11 Å². The van der Waals surface area contributed by atoms with Crippen LogP contribution in [0, 0.1) is 0 Å². The van der Waals surface area contributed by atoms with Gasteiger partial charge in [-0.3, -0.25) is 4.79 Å². The Kier molecular flexibility index (Phi) is 3.85. The molecule has 1 aliphatic rings. The van der Waals surface area contributed by atoms with E-state index in [1.54, 1.807) is 6.08 Å². The van der Waals surface area contributed by atoms with E-state index in [0.29, 0.717) is 13.0 Å². The van der Waals surface area contributed by atoms with Crippen LogP contribution in [0.15, 0.2) is 30.4 Å². The van der Waals surface area contributed by atoms with Crippen molar-refractivity contribution in [3.05, 3.63) is 35.9 Å². The predicted molar refractivity (Wildman–Crippen MR) is 73.4 cm³/mol. The second kappa shape index (κ2) is 5.56. The van der Waals surface area contributed by atoms with Gasteiger partial charge in [-0.05, 0) is 30.2 Å². The highest BCUT2D eigenvalue weighted by atomic mass is 16.4. The zero-order valence-electron chi connectivity index (χ0n) is 10.7. The number of amides is 1. The maximum atomic E-state index is 11.3. The number of anilines is 2. The van der Waals surface area contributed by atoms with Crippen molar-refractivity contribution >= 4 is 23.3 Å². The fraction of sp³-hybridized carbons (Fsp3) is 0.286. The summed E-state index contributed by atoms with van der Waals surface area (Å²) in [5.41, 5.74) is 2.99. The summed E-state index contributed by atoms with van der Waals surface area (Å²) in [6, 6.07) is 5.83. The Balaban J connectivity index is 2.09. The van der Waals surface area contributed by atoms with Crippen LogP contribution in [0.4, 0.5) is 11.4 Å². The molecule has 0 saturated carbocycles. The number of carbonyl (C=O) groups excluding carboxylic acids is 1. The third-order valence-corrected chi connectivity index (χ3v) is 3.06. The highest BCUT2D eigenvalue weighted by Crippen LogP contribution is 2.26. The molecule has 1 aromatic carbocycles. The number of aliphatic carboxylic acids is 1. The topological polar surface area (TPSA) is 69.6 Å². The molecule has 2 rings (SSSR count). The van der Waals surface area contributed by atoms with Gasteiger partial charge in [0.15, 0.2) is 0 Å². The number of hydrogen-bond acceptors (Lipinski definition) is 3. The molecule has 0 radical (unpaired) electrons. The molecule has 100 valence electrons. The number of carboxylic acids is 1. The molecule has 0 bridgehead atoms. The maximum Gasteiger partial charge on any atom is 0.328 e. The number of nitrogens with one attached hydrogen (secondary N) is 1. The van der Waals surface area contributed by atoms with Crippen LogP contribution in [0.25, 0.3) is 0 Å². The summed E-state index contributed by atoms with van der Waals surface area (Å²) in [5.74, 6) is -0.889. The molecule has 0 spiro atoms. The second-order valence-corrected chi connectivity index (χ2v) is 4.51. The lowest BCUT2D eigenvalue weighted by molar-refractivity contribution is -0.131. The zero-order chi connectivity index (χ0) is 13.8. The number of aryl methyl sites for hydroxylation is 1. The van der Waals surface area contributed by atoms with Gasteiger partial charge in [0.2, 0.25) is 5.91 Å². The molecule has 0 unspecified atom stereocenters. The van der Waals surface area contributed by atoms with Gasteiger partial charge in [-0.2, -0.15) is 0 Å². The van der Waals surface area contributed by atoms with Crippen molar-refractivity contribution < 1.29 is 14.7 Å². The van der Waals surface area contributed by atoms with Crippen molar-refractivity contribution in [1.29, 1.82) is 0 Å². The van der Waals surface area contributed by atoms with Gasteiger partial charge in [0, 0.05) is 37.5 Å². The summed E-state index contributed by atoms with van der Waals surface area (Å²) < 4.78 is 0. The van der Waals surface area contributed by atoms with Crippen molar-refractivity contribution in [2.75, 3.05) is 23.8 Å². The lowest BCUT2D eigenvalue weighted by Crippen LogP contribution is -2.21. The zero-order valence-corrected chi connectivity index (χ0v) is 10.7. The summed E-state index contributed by atoms with van der Waals surface area (Å²) in [6.07, 6.45) is 3.99. The molecule has 5 heteroatoms. The minimum Gasteiger partial charge on any atom is -0.478 e. The molecule has 1 aliphatic heterocycles. The Morgan fingerprint density at radius 1 is 1.47 bits per heavy atom. The van der Waals surface area contributed by atoms with E-state index in [2.05, 4.69) is 5.32 Å². The van der Waals surface area contributed by atoms with E-state index in [0.717, 1.165) is 29.4 Å². The van der Waals surface area contributed by atoms with Crippen LogP contribution in [-0.4, -0.2) is 30.6 Å². The first-order valence-corrected chi connectivity index (χ1v) is 6.09. The van der Waals surface area contributed by atoms with Crippen molar-refractivity contribution in [3.63, 3.8) is 0 Å². The number of benzene rings is 1. The molecule has 0 aliphatic carbocycles. The van der Waals surface area contributed by atoms with Gasteiger partial charge in [-0.15, -0.1) is 0 Å². The van der Waals surface area contributed by atoms with Gasteiger partial charge in [-0.1, -0.05) is 6.08 Å². The van der Waals surface area contributed by atoms with Gasteiger partial charge in [0.25, 0.3) is 0 Å². The predicted octanol–water partition coefficient (Wildman–Crippen LogP) is 1.65. The van der Waals surface area contributed by atoms with Gasteiger partial charge >= 0.3 is 5.97 Å². The molecule has 0 saturated heterocycles. The van der Waals surface area contributed by atoms with Crippen molar-refractivity contribution in [2.45, 2.75) is 12.8 Å². The number of carboxylic acid groups (broad SMARTS) is 1. The third kappa shape index (κ3) is 3.34. The van der Waals surface area contributed by atoms with Crippen LogP contribution in [0.3, 0.4) is 0 Å². The van der Waals surface area contributed by atoms with E-state index in [1.807, 2.05) is 30.1 Å². The SMILES string of the molecule is CN(C/C=C/C(=O)O)c1ccc2c(c1)CCC(=O)N2. The normalized spacial score (nSPS) is 14.1. The molecule has 1 amide bonds. The molecule has 0 fully saturated rings. The van der Waals surface area contributed by atoms with E-state index < -0.39 is 5.97 Å². The monoisotopic (exact) mass is 260 g/mol. The van der Waals surface area contributed by atoms with Gasteiger partial charge in [-0.25, -0.2) is 4.79 Å². The Labute approximate surface area is 111 Å². The summed E-state index contributed by atoms with van der Waals surface area (Å²) in [6.45, 7) is 0.525. The van der Waals surface area contributed by atoms with E-state index in [9.17, 15) is 9.59 Å². The molecule has 1 heterocycles. The summed E-state index contributed by atoms with van der Waals surface area (Å²) in [7, 11) is 1.90. The minimum atomic E-state index is -0.943. The van der Waals surface area contributed by atoms with Crippen LogP contribution in [0.5, 0.6) is 0 Å². The molecule has 2 N–H and O–H groups in total. The van der Waals surface area contributed by atoms with Crippen molar-refractivity contribution in [2.24, 2.45) is 0 Å². The fourth-order valence-electron chi connectivity index (χ4n) is 2.02.